The zero-order chi connectivity index (χ0) is 12.8. The van der Waals surface area contributed by atoms with Crippen LogP contribution in [-0.4, -0.2) is 26.7 Å². The Kier molecular flexibility index (Phi) is 4.35. The van der Waals surface area contributed by atoms with Crippen LogP contribution in [0.3, 0.4) is 0 Å². The summed E-state index contributed by atoms with van der Waals surface area (Å²) in [5.74, 6) is 1.08. The van der Waals surface area contributed by atoms with Crippen LogP contribution >= 0.6 is 0 Å². The van der Waals surface area contributed by atoms with Crippen LogP contribution < -0.4 is 5.32 Å². The van der Waals surface area contributed by atoms with Gasteiger partial charge in [0.1, 0.15) is 6.33 Å². The topological polar surface area (TPSA) is 76.7 Å². The van der Waals surface area contributed by atoms with Crippen molar-refractivity contribution < 1.29 is 4.42 Å². The molecule has 0 aromatic carbocycles. The molecule has 1 unspecified atom stereocenters. The molecule has 0 radical (unpaired) electrons. The Bertz CT molecular complexity index is 470. The van der Waals surface area contributed by atoms with Crippen molar-refractivity contribution in [3.8, 4) is 11.5 Å². The summed E-state index contributed by atoms with van der Waals surface area (Å²) in [4.78, 5) is 7.86. The highest BCUT2D eigenvalue weighted by Crippen LogP contribution is 2.20. The van der Waals surface area contributed by atoms with Crippen LogP contribution in [-0.2, 0) is 0 Å². The molecule has 6 heteroatoms. The molecule has 1 N–H and O–H groups in total. The van der Waals surface area contributed by atoms with Gasteiger partial charge in [0.2, 0.25) is 5.89 Å². The lowest BCUT2D eigenvalue weighted by Gasteiger charge is -2.11. The van der Waals surface area contributed by atoms with E-state index in [9.17, 15) is 0 Å². The van der Waals surface area contributed by atoms with Gasteiger partial charge < -0.3 is 9.73 Å². The van der Waals surface area contributed by atoms with Crippen molar-refractivity contribution in [2.75, 3.05) is 6.54 Å². The Morgan fingerprint density at radius 3 is 2.67 bits per heavy atom. The number of nitrogens with zero attached hydrogens (tertiary/aromatic N) is 4. The Balaban J connectivity index is 2.14. The highest BCUT2D eigenvalue weighted by atomic mass is 16.4. The van der Waals surface area contributed by atoms with Crippen molar-refractivity contribution in [1.82, 2.24) is 25.5 Å². The van der Waals surface area contributed by atoms with Crippen molar-refractivity contribution in [2.24, 2.45) is 0 Å². The fourth-order valence-corrected chi connectivity index (χ4v) is 1.63. The highest BCUT2D eigenvalue weighted by Gasteiger charge is 2.16. The van der Waals surface area contributed by atoms with Gasteiger partial charge >= 0.3 is 0 Å². The largest absolute Gasteiger partial charge is 0.419 e. The smallest absolute Gasteiger partial charge is 0.250 e. The third-order valence-corrected chi connectivity index (χ3v) is 2.60. The second kappa shape index (κ2) is 6.20. The zero-order valence-electron chi connectivity index (χ0n) is 10.6. The number of hydrogen-bond donors (Lipinski definition) is 1. The lowest BCUT2D eigenvalue weighted by Crippen LogP contribution is -2.21. The zero-order valence-corrected chi connectivity index (χ0v) is 10.6. The molecule has 18 heavy (non-hydrogen) atoms. The molecule has 0 fully saturated rings. The molecule has 2 heterocycles. The maximum atomic E-state index is 5.66. The van der Waals surface area contributed by atoms with Crippen molar-refractivity contribution in [2.45, 2.75) is 32.7 Å². The molecule has 2 aromatic heterocycles. The van der Waals surface area contributed by atoms with E-state index in [-0.39, 0.29) is 6.04 Å². The van der Waals surface area contributed by atoms with Crippen molar-refractivity contribution in [1.29, 1.82) is 0 Å². The molecule has 0 amide bonds. The first-order valence-electron chi connectivity index (χ1n) is 6.17. The van der Waals surface area contributed by atoms with Gasteiger partial charge in [-0.2, -0.15) is 0 Å². The summed E-state index contributed by atoms with van der Waals surface area (Å²) in [6.45, 7) is 5.15. The molecule has 2 rings (SSSR count). The van der Waals surface area contributed by atoms with Gasteiger partial charge in [0.05, 0.1) is 11.6 Å². The van der Waals surface area contributed by atoms with Crippen molar-refractivity contribution in [3.05, 3.63) is 24.6 Å². The standard InChI is InChI=1S/C12H17N5O/c1-3-5-15-10(4-2)12-17-16-11(18-12)9-6-13-8-14-7-9/h6-8,10,15H,3-5H2,1-2H3. The fraction of sp³-hybridized carbons (Fsp3) is 0.500. The van der Waals surface area contributed by atoms with E-state index in [1.54, 1.807) is 12.4 Å². The minimum Gasteiger partial charge on any atom is -0.419 e. The molecule has 0 aliphatic rings. The molecule has 0 bridgehead atoms. The first-order chi connectivity index (χ1) is 8.85. The minimum absolute atomic E-state index is 0.107. The summed E-state index contributed by atoms with van der Waals surface area (Å²) in [6, 6.07) is 0.107. The molecule has 1 atom stereocenters. The van der Waals surface area contributed by atoms with Gasteiger partial charge in [-0.15, -0.1) is 10.2 Å². The number of nitrogens with one attached hydrogen (secondary N) is 1. The summed E-state index contributed by atoms with van der Waals surface area (Å²) in [6.07, 6.45) is 6.77. The molecule has 0 saturated carbocycles. The average molecular weight is 247 g/mol. The van der Waals surface area contributed by atoms with Crippen LogP contribution in [0, 0.1) is 0 Å². The third kappa shape index (κ3) is 2.89. The van der Waals surface area contributed by atoms with E-state index in [1.165, 1.54) is 6.33 Å². The summed E-state index contributed by atoms with van der Waals surface area (Å²) in [5.41, 5.74) is 0.738. The maximum absolute atomic E-state index is 5.66. The van der Waals surface area contributed by atoms with E-state index in [0.29, 0.717) is 11.8 Å². The predicted molar refractivity (Wildman–Crippen MR) is 66.6 cm³/mol. The van der Waals surface area contributed by atoms with Crippen molar-refractivity contribution >= 4 is 0 Å². The summed E-state index contributed by atoms with van der Waals surface area (Å²) in [7, 11) is 0. The summed E-state index contributed by atoms with van der Waals surface area (Å²) < 4.78 is 5.66. The quantitative estimate of drug-likeness (QED) is 0.841. The number of aromatic nitrogens is 4. The van der Waals surface area contributed by atoms with Crippen LogP contribution in [0.5, 0.6) is 0 Å². The molecular weight excluding hydrogens is 230 g/mol. The van der Waals surface area contributed by atoms with Crippen LogP contribution in [0.15, 0.2) is 23.1 Å². The minimum atomic E-state index is 0.107. The molecule has 96 valence electrons. The van der Waals surface area contributed by atoms with E-state index in [2.05, 4.69) is 39.3 Å². The van der Waals surface area contributed by atoms with Crippen LogP contribution in [0.4, 0.5) is 0 Å². The number of rotatable bonds is 6. The lowest BCUT2D eigenvalue weighted by molar-refractivity contribution is 0.396. The lowest BCUT2D eigenvalue weighted by atomic mass is 10.2. The SMILES string of the molecule is CCCNC(CC)c1nnc(-c2cncnc2)o1. The van der Waals surface area contributed by atoms with Crippen molar-refractivity contribution in [3.63, 3.8) is 0 Å². The van der Waals surface area contributed by atoms with Gasteiger partial charge in [0.25, 0.3) is 5.89 Å². The van der Waals surface area contributed by atoms with Gasteiger partial charge in [-0.1, -0.05) is 13.8 Å². The first kappa shape index (κ1) is 12.6. The maximum Gasteiger partial charge on any atom is 0.250 e. The second-order valence-electron chi connectivity index (χ2n) is 3.99. The third-order valence-electron chi connectivity index (χ3n) is 2.60. The molecule has 2 aromatic rings. The normalized spacial score (nSPS) is 12.6. The van der Waals surface area contributed by atoms with E-state index >= 15 is 0 Å². The van der Waals surface area contributed by atoms with Crippen LogP contribution in [0.25, 0.3) is 11.5 Å². The van der Waals surface area contributed by atoms with E-state index in [0.717, 1.165) is 24.9 Å². The monoisotopic (exact) mass is 247 g/mol. The predicted octanol–water partition coefficient (Wildman–Crippen LogP) is 1.98. The average Bonchev–Trinajstić information content (AvgIpc) is 2.90. The Morgan fingerprint density at radius 2 is 2.00 bits per heavy atom. The first-order valence-corrected chi connectivity index (χ1v) is 6.17. The second-order valence-corrected chi connectivity index (χ2v) is 3.99. The van der Waals surface area contributed by atoms with E-state index in [1.807, 2.05) is 0 Å². The molecule has 0 spiro atoms. The van der Waals surface area contributed by atoms with Gasteiger partial charge in [0, 0.05) is 12.4 Å². The van der Waals surface area contributed by atoms with Crippen LogP contribution in [0.1, 0.15) is 38.6 Å². The molecule has 6 nitrogen and oxygen atoms in total. The van der Waals surface area contributed by atoms with E-state index in [4.69, 9.17) is 4.42 Å². The highest BCUT2D eigenvalue weighted by molar-refractivity contribution is 5.48. The Morgan fingerprint density at radius 1 is 1.22 bits per heavy atom. The van der Waals surface area contributed by atoms with Crippen LogP contribution in [0.2, 0.25) is 0 Å². The van der Waals surface area contributed by atoms with Gasteiger partial charge in [0.15, 0.2) is 0 Å². The van der Waals surface area contributed by atoms with Gasteiger partial charge in [-0.25, -0.2) is 9.97 Å². The molecule has 0 saturated heterocycles. The number of hydrogen-bond acceptors (Lipinski definition) is 6. The van der Waals surface area contributed by atoms with E-state index < -0.39 is 0 Å². The Hall–Kier alpha value is -1.82. The molecule has 0 aliphatic carbocycles. The van der Waals surface area contributed by atoms with Gasteiger partial charge in [-0.3, -0.25) is 0 Å². The van der Waals surface area contributed by atoms with Gasteiger partial charge in [-0.05, 0) is 19.4 Å². The summed E-state index contributed by atoms with van der Waals surface area (Å²) >= 11 is 0. The Labute approximate surface area is 106 Å². The fourth-order valence-electron chi connectivity index (χ4n) is 1.63. The molecule has 0 aliphatic heterocycles. The summed E-state index contributed by atoms with van der Waals surface area (Å²) in [5, 5.41) is 11.5. The molecular formula is C12H17N5O.